The van der Waals surface area contributed by atoms with Crippen molar-refractivity contribution < 1.29 is 19.0 Å². The average Bonchev–Trinajstić information content (AvgIpc) is 3.09. The van der Waals surface area contributed by atoms with Crippen LogP contribution in [0, 0.1) is 0 Å². The molecular formula is C20H16BrNO4. The van der Waals surface area contributed by atoms with Crippen molar-refractivity contribution in [2.75, 3.05) is 12.1 Å². The smallest absolute Gasteiger partial charge is 0.265 e. The largest absolute Gasteiger partial charge is 0.481 e. The normalized spacial score (nSPS) is 13.5. The van der Waals surface area contributed by atoms with Gasteiger partial charge in [-0.25, -0.2) is 0 Å². The Labute approximate surface area is 159 Å². The van der Waals surface area contributed by atoms with E-state index in [1.54, 1.807) is 25.1 Å². The molecule has 3 aromatic carbocycles. The van der Waals surface area contributed by atoms with E-state index in [9.17, 15) is 4.79 Å². The van der Waals surface area contributed by atoms with Crippen molar-refractivity contribution in [2.24, 2.45) is 0 Å². The monoisotopic (exact) mass is 413 g/mol. The topological polar surface area (TPSA) is 56.8 Å². The third-order valence-corrected chi connectivity index (χ3v) is 4.59. The molecule has 0 unspecified atom stereocenters. The second-order valence-corrected chi connectivity index (χ2v) is 6.89. The first-order chi connectivity index (χ1) is 12.6. The maximum atomic E-state index is 12.4. The van der Waals surface area contributed by atoms with Crippen LogP contribution in [0.25, 0.3) is 10.8 Å². The van der Waals surface area contributed by atoms with Gasteiger partial charge in [0.25, 0.3) is 5.91 Å². The third kappa shape index (κ3) is 3.46. The number of amides is 1. The summed E-state index contributed by atoms with van der Waals surface area (Å²) in [4.78, 5) is 12.4. The lowest BCUT2D eigenvalue weighted by molar-refractivity contribution is -0.122. The highest BCUT2D eigenvalue weighted by atomic mass is 79.9. The lowest BCUT2D eigenvalue weighted by Crippen LogP contribution is -2.30. The lowest BCUT2D eigenvalue weighted by atomic mass is 10.1. The van der Waals surface area contributed by atoms with E-state index in [2.05, 4.69) is 21.2 Å². The Morgan fingerprint density at radius 3 is 2.69 bits per heavy atom. The highest BCUT2D eigenvalue weighted by Crippen LogP contribution is 2.34. The van der Waals surface area contributed by atoms with E-state index in [0.29, 0.717) is 22.9 Å². The third-order valence-electron chi connectivity index (χ3n) is 4.10. The molecule has 0 aliphatic carbocycles. The summed E-state index contributed by atoms with van der Waals surface area (Å²) < 4.78 is 17.4. The van der Waals surface area contributed by atoms with E-state index >= 15 is 0 Å². The number of hydrogen-bond donors (Lipinski definition) is 1. The van der Waals surface area contributed by atoms with E-state index in [4.69, 9.17) is 14.2 Å². The van der Waals surface area contributed by atoms with Crippen LogP contribution in [0.5, 0.6) is 17.2 Å². The summed E-state index contributed by atoms with van der Waals surface area (Å²) in [6, 6.07) is 17.0. The second-order valence-electron chi connectivity index (χ2n) is 5.97. The molecule has 1 N–H and O–H groups in total. The van der Waals surface area contributed by atoms with Crippen LogP contribution in [0.3, 0.4) is 0 Å². The quantitative estimate of drug-likeness (QED) is 0.670. The van der Waals surface area contributed by atoms with Crippen LogP contribution in [0.1, 0.15) is 6.92 Å². The van der Waals surface area contributed by atoms with Gasteiger partial charge in [0.05, 0.1) is 0 Å². The molecule has 0 spiro atoms. The maximum Gasteiger partial charge on any atom is 0.265 e. The molecule has 6 heteroatoms. The van der Waals surface area contributed by atoms with Crippen LogP contribution in [0.15, 0.2) is 59.1 Å². The van der Waals surface area contributed by atoms with Gasteiger partial charge in [-0.2, -0.15) is 0 Å². The minimum Gasteiger partial charge on any atom is -0.481 e. The molecule has 3 aromatic rings. The van der Waals surface area contributed by atoms with E-state index < -0.39 is 6.10 Å². The second kappa shape index (κ2) is 6.88. The Balaban J connectivity index is 1.44. The number of carbonyl (C=O) groups excluding carboxylic acids is 1. The highest BCUT2D eigenvalue weighted by molar-refractivity contribution is 9.10. The van der Waals surface area contributed by atoms with Gasteiger partial charge in [-0.1, -0.05) is 28.1 Å². The molecule has 26 heavy (non-hydrogen) atoms. The zero-order valence-corrected chi connectivity index (χ0v) is 15.6. The van der Waals surface area contributed by atoms with Gasteiger partial charge in [-0.3, -0.25) is 4.79 Å². The standard InChI is InChI=1S/C20H16BrNO4/c1-12(20(23)22-16-5-7-18-19(10-16)25-11-24-18)26-17-6-3-13-8-15(21)4-2-14(13)9-17/h2-10,12H,11H2,1H3,(H,22,23)/t12-/m1/s1. The summed E-state index contributed by atoms with van der Waals surface area (Å²) in [5.41, 5.74) is 0.637. The number of hydrogen-bond acceptors (Lipinski definition) is 4. The van der Waals surface area contributed by atoms with Crippen molar-refractivity contribution in [1.29, 1.82) is 0 Å². The SMILES string of the molecule is C[C@@H](Oc1ccc2cc(Br)ccc2c1)C(=O)Nc1ccc2c(c1)OCO2. The van der Waals surface area contributed by atoms with Gasteiger partial charge in [0.2, 0.25) is 6.79 Å². The molecule has 1 aliphatic rings. The maximum absolute atomic E-state index is 12.4. The Morgan fingerprint density at radius 1 is 1.04 bits per heavy atom. The minimum absolute atomic E-state index is 0.199. The minimum atomic E-state index is -0.645. The Morgan fingerprint density at radius 2 is 1.81 bits per heavy atom. The van der Waals surface area contributed by atoms with Gasteiger partial charge in [-0.15, -0.1) is 0 Å². The van der Waals surface area contributed by atoms with E-state index in [-0.39, 0.29) is 12.7 Å². The summed E-state index contributed by atoms with van der Waals surface area (Å²) in [5, 5.41) is 4.98. The number of nitrogens with one attached hydrogen (secondary N) is 1. The molecule has 0 aromatic heterocycles. The number of rotatable bonds is 4. The fraction of sp³-hybridized carbons (Fsp3) is 0.150. The zero-order chi connectivity index (χ0) is 18.1. The predicted molar refractivity (Wildman–Crippen MR) is 103 cm³/mol. The number of carbonyl (C=O) groups is 1. The highest BCUT2D eigenvalue weighted by Gasteiger charge is 2.18. The van der Waals surface area contributed by atoms with Crippen molar-refractivity contribution in [1.82, 2.24) is 0 Å². The molecule has 0 fully saturated rings. The summed E-state index contributed by atoms with van der Waals surface area (Å²) in [5.74, 6) is 1.71. The molecule has 1 atom stereocenters. The average molecular weight is 414 g/mol. The van der Waals surface area contributed by atoms with Gasteiger partial charge in [0.15, 0.2) is 17.6 Å². The molecule has 1 aliphatic heterocycles. The summed E-state index contributed by atoms with van der Waals surface area (Å²) in [6.07, 6.45) is -0.645. The molecule has 0 bridgehead atoms. The number of fused-ring (bicyclic) bond motifs is 2. The van der Waals surface area contributed by atoms with Crippen molar-refractivity contribution in [3.05, 3.63) is 59.1 Å². The van der Waals surface area contributed by atoms with Gasteiger partial charge in [-0.05, 0) is 54.1 Å². The molecule has 4 rings (SSSR count). The van der Waals surface area contributed by atoms with Crippen LogP contribution < -0.4 is 19.5 Å². The van der Waals surface area contributed by atoms with E-state index in [0.717, 1.165) is 15.2 Å². The first-order valence-corrected chi connectivity index (χ1v) is 8.94. The number of anilines is 1. The molecule has 0 saturated carbocycles. The summed E-state index contributed by atoms with van der Waals surface area (Å²) in [6.45, 7) is 1.92. The van der Waals surface area contributed by atoms with Crippen LogP contribution in [0.2, 0.25) is 0 Å². The first kappa shape index (κ1) is 16.7. The first-order valence-electron chi connectivity index (χ1n) is 8.15. The van der Waals surface area contributed by atoms with Gasteiger partial charge in [0.1, 0.15) is 5.75 Å². The van der Waals surface area contributed by atoms with Crippen molar-refractivity contribution in [3.8, 4) is 17.2 Å². The van der Waals surface area contributed by atoms with Crippen molar-refractivity contribution in [2.45, 2.75) is 13.0 Å². The Hall–Kier alpha value is -2.73. The number of ether oxygens (including phenoxy) is 3. The van der Waals surface area contributed by atoms with Crippen molar-refractivity contribution >= 4 is 38.3 Å². The van der Waals surface area contributed by atoms with Crippen LogP contribution in [-0.2, 0) is 4.79 Å². The van der Waals surface area contributed by atoms with Gasteiger partial charge < -0.3 is 19.5 Å². The molecule has 0 radical (unpaired) electrons. The molecule has 1 amide bonds. The fourth-order valence-corrected chi connectivity index (χ4v) is 3.12. The van der Waals surface area contributed by atoms with Crippen LogP contribution in [0.4, 0.5) is 5.69 Å². The Kier molecular flexibility index (Phi) is 4.42. The lowest BCUT2D eigenvalue weighted by Gasteiger charge is -2.15. The van der Waals surface area contributed by atoms with Gasteiger partial charge >= 0.3 is 0 Å². The predicted octanol–water partition coefficient (Wildman–Crippen LogP) is 4.74. The fourth-order valence-electron chi connectivity index (χ4n) is 2.74. The molecule has 5 nitrogen and oxygen atoms in total. The molecule has 1 heterocycles. The molecule has 0 saturated heterocycles. The molecule has 132 valence electrons. The van der Waals surface area contributed by atoms with Crippen molar-refractivity contribution in [3.63, 3.8) is 0 Å². The zero-order valence-electron chi connectivity index (χ0n) is 14.0. The Bertz CT molecular complexity index is 989. The number of benzene rings is 3. The van der Waals surface area contributed by atoms with E-state index in [1.165, 1.54) is 0 Å². The number of halogens is 1. The van der Waals surface area contributed by atoms with E-state index in [1.807, 2.05) is 36.4 Å². The van der Waals surface area contributed by atoms with Crippen LogP contribution >= 0.6 is 15.9 Å². The van der Waals surface area contributed by atoms with Gasteiger partial charge in [0, 0.05) is 16.2 Å². The van der Waals surface area contributed by atoms with Crippen LogP contribution in [-0.4, -0.2) is 18.8 Å². The summed E-state index contributed by atoms with van der Waals surface area (Å²) >= 11 is 3.46. The molecular weight excluding hydrogens is 398 g/mol. The summed E-state index contributed by atoms with van der Waals surface area (Å²) in [7, 11) is 0.